The molecule has 0 aliphatic rings. The van der Waals surface area contributed by atoms with Gasteiger partial charge in [-0.25, -0.2) is 9.97 Å². The Labute approximate surface area is 120 Å². The molecular formula is C13H16BrN3S. The molecule has 3 nitrogen and oxygen atoms in total. The molecule has 0 atom stereocenters. The fourth-order valence-electron chi connectivity index (χ4n) is 1.56. The lowest BCUT2D eigenvalue weighted by molar-refractivity contribution is 0.767. The molecule has 1 N–H and O–H groups in total. The van der Waals surface area contributed by atoms with Gasteiger partial charge in [0.2, 0.25) is 0 Å². The lowest BCUT2D eigenvalue weighted by Gasteiger charge is -2.09. The van der Waals surface area contributed by atoms with Crippen LogP contribution in [0.25, 0.3) is 0 Å². The van der Waals surface area contributed by atoms with Gasteiger partial charge in [-0.15, -0.1) is 11.3 Å². The summed E-state index contributed by atoms with van der Waals surface area (Å²) in [5, 5.41) is 5.43. The second-order valence-electron chi connectivity index (χ2n) is 4.49. The first-order chi connectivity index (χ1) is 8.54. The number of hydrogen-bond donors (Lipinski definition) is 1. The summed E-state index contributed by atoms with van der Waals surface area (Å²) < 4.78 is 1.13. The molecule has 0 aliphatic carbocycles. The van der Waals surface area contributed by atoms with Gasteiger partial charge in [0, 0.05) is 32.4 Å². The van der Waals surface area contributed by atoms with Gasteiger partial charge < -0.3 is 5.32 Å². The largest absolute Gasteiger partial charge is 0.365 e. The van der Waals surface area contributed by atoms with Crippen molar-refractivity contribution in [1.29, 1.82) is 0 Å². The molecular weight excluding hydrogens is 310 g/mol. The van der Waals surface area contributed by atoms with Gasteiger partial charge in [-0.3, -0.25) is 0 Å². The Bertz CT molecular complexity index is 537. The summed E-state index contributed by atoms with van der Waals surface area (Å²) >= 11 is 5.19. The van der Waals surface area contributed by atoms with Gasteiger partial charge >= 0.3 is 0 Å². The van der Waals surface area contributed by atoms with Gasteiger partial charge in [0.1, 0.15) is 11.6 Å². The SMILES string of the molecule is Cc1cc(NCc2cc(Br)cs2)nc(C(C)C)n1. The summed E-state index contributed by atoms with van der Waals surface area (Å²) in [6, 6.07) is 4.10. The highest BCUT2D eigenvalue weighted by atomic mass is 79.9. The third-order valence-corrected chi connectivity index (χ3v) is 4.15. The maximum Gasteiger partial charge on any atom is 0.133 e. The number of nitrogens with zero attached hydrogens (tertiary/aromatic N) is 2. The number of aromatic nitrogens is 2. The standard InChI is InChI=1S/C13H16BrN3S/c1-8(2)13-16-9(3)4-12(17-13)15-6-11-5-10(14)7-18-11/h4-5,7-8H,6H2,1-3H3,(H,15,16,17). The normalized spacial score (nSPS) is 10.9. The van der Waals surface area contributed by atoms with Crippen LogP contribution in [0.3, 0.4) is 0 Å². The Morgan fingerprint density at radius 3 is 2.72 bits per heavy atom. The van der Waals surface area contributed by atoms with Crippen LogP contribution in [0.5, 0.6) is 0 Å². The highest BCUT2D eigenvalue weighted by Gasteiger charge is 2.06. The first kappa shape index (κ1) is 13.5. The number of hydrogen-bond acceptors (Lipinski definition) is 4. The molecule has 0 bridgehead atoms. The van der Waals surface area contributed by atoms with E-state index in [4.69, 9.17) is 0 Å². The molecule has 2 rings (SSSR count). The lowest BCUT2D eigenvalue weighted by Crippen LogP contribution is -2.05. The van der Waals surface area contributed by atoms with E-state index in [-0.39, 0.29) is 0 Å². The van der Waals surface area contributed by atoms with Gasteiger partial charge in [0.05, 0.1) is 6.54 Å². The predicted octanol–water partition coefficient (Wildman–Crippen LogP) is 4.34. The molecule has 2 heterocycles. The van der Waals surface area contributed by atoms with Crippen molar-refractivity contribution in [3.05, 3.63) is 38.4 Å². The Balaban J connectivity index is 2.09. The molecule has 0 saturated carbocycles. The third-order valence-electron chi connectivity index (χ3n) is 2.45. The summed E-state index contributed by atoms with van der Waals surface area (Å²) in [4.78, 5) is 10.2. The van der Waals surface area contributed by atoms with E-state index in [1.54, 1.807) is 11.3 Å². The van der Waals surface area contributed by atoms with Crippen LogP contribution in [-0.4, -0.2) is 9.97 Å². The van der Waals surface area contributed by atoms with E-state index in [2.05, 4.69) is 56.5 Å². The third kappa shape index (κ3) is 3.53. The molecule has 0 radical (unpaired) electrons. The summed E-state index contributed by atoms with van der Waals surface area (Å²) in [6.45, 7) is 7.01. The first-order valence-corrected chi connectivity index (χ1v) is 7.54. The van der Waals surface area contributed by atoms with E-state index < -0.39 is 0 Å². The fraction of sp³-hybridized carbons (Fsp3) is 0.385. The Hall–Kier alpha value is -0.940. The average molecular weight is 326 g/mol. The molecule has 0 aliphatic heterocycles. The van der Waals surface area contributed by atoms with Gasteiger partial charge in [-0.1, -0.05) is 13.8 Å². The summed E-state index contributed by atoms with van der Waals surface area (Å²) in [7, 11) is 0. The minimum Gasteiger partial charge on any atom is -0.365 e. The second kappa shape index (κ2) is 5.80. The van der Waals surface area contributed by atoms with Gasteiger partial charge in [-0.05, 0) is 28.9 Å². The minimum atomic E-state index is 0.348. The first-order valence-electron chi connectivity index (χ1n) is 5.87. The van der Waals surface area contributed by atoms with E-state index in [9.17, 15) is 0 Å². The molecule has 96 valence electrons. The molecule has 0 unspecified atom stereocenters. The fourth-order valence-corrected chi connectivity index (χ4v) is 2.96. The maximum absolute atomic E-state index is 4.53. The Morgan fingerprint density at radius 1 is 1.33 bits per heavy atom. The van der Waals surface area contributed by atoms with E-state index in [1.807, 2.05) is 13.0 Å². The predicted molar refractivity (Wildman–Crippen MR) is 80.2 cm³/mol. The highest BCUT2D eigenvalue weighted by molar-refractivity contribution is 9.10. The van der Waals surface area contributed by atoms with E-state index in [0.717, 1.165) is 28.4 Å². The number of nitrogens with one attached hydrogen (secondary N) is 1. The zero-order valence-electron chi connectivity index (χ0n) is 10.7. The van der Waals surface area contributed by atoms with Crippen molar-refractivity contribution in [2.24, 2.45) is 0 Å². The summed E-state index contributed by atoms with van der Waals surface area (Å²) in [6.07, 6.45) is 0. The van der Waals surface area contributed by atoms with E-state index in [1.165, 1.54) is 4.88 Å². The van der Waals surface area contributed by atoms with Crippen LogP contribution in [0.4, 0.5) is 5.82 Å². The van der Waals surface area contributed by atoms with Crippen LogP contribution in [0, 0.1) is 6.92 Å². The van der Waals surface area contributed by atoms with Crippen LogP contribution in [0.1, 0.15) is 36.2 Å². The van der Waals surface area contributed by atoms with Crippen molar-refractivity contribution in [3.8, 4) is 0 Å². The highest BCUT2D eigenvalue weighted by Crippen LogP contribution is 2.21. The van der Waals surface area contributed by atoms with Gasteiger partial charge in [0.15, 0.2) is 0 Å². The van der Waals surface area contributed by atoms with E-state index in [0.29, 0.717) is 5.92 Å². The zero-order valence-corrected chi connectivity index (χ0v) is 13.1. The number of anilines is 1. The van der Waals surface area contributed by atoms with E-state index >= 15 is 0 Å². The molecule has 5 heteroatoms. The lowest BCUT2D eigenvalue weighted by atomic mass is 10.2. The topological polar surface area (TPSA) is 37.8 Å². The zero-order chi connectivity index (χ0) is 13.1. The molecule has 0 fully saturated rings. The van der Waals surface area contributed by atoms with Crippen LogP contribution in [0.2, 0.25) is 0 Å². The number of aryl methyl sites for hydroxylation is 1. The quantitative estimate of drug-likeness (QED) is 0.908. The number of halogens is 1. The molecule has 2 aromatic heterocycles. The second-order valence-corrected chi connectivity index (χ2v) is 6.40. The number of rotatable bonds is 4. The molecule has 0 spiro atoms. The smallest absolute Gasteiger partial charge is 0.133 e. The molecule has 0 aromatic carbocycles. The van der Waals surface area contributed by atoms with Crippen LogP contribution >= 0.6 is 27.3 Å². The molecule has 0 amide bonds. The maximum atomic E-state index is 4.53. The Morgan fingerprint density at radius 2 is 2.11 bits per heavy atom. The van der Waals surface area contributed by atoms with Crippen molar-refractivity contribution in [1.82, 2.24) is 9.97 Å². The van der Waals surface area contributed by atoms with Crippen molar-refractivity contribution in [3.63, 3.8) is 0 Å². The van der Waals surface area contributed by atoms with Crippen LogP contribution in [-0.2, 0) is 6.54 Å². The van der Waals surface area contributed by atoms with Gasteiger partial charge in [0.25, 0.3) is 0 Å². The molecule has 18 heavy (non-hydrogen) atoms. The van der Waals surface area contributed by atoms with Gasteiger partial charge in [-0.2, -0.15) is 0 Å². The Kier molecular flexibility index (Phi) is 4.35. The van der Waals surface area contributed by atoms with Crippen molar-refractivity contribution in [2.75, 3.05) is 5.32 Å². The van der Waals surface area contributed by atoms with Crippen molar-refractivity contribution in [2.45, 2.75) is 33.2 Å². The molecule has 0 saturated heterocycles. The summed E-state index contributed by atoms with van der Waals surface area (Å²) in [5.41, 5.74) is 1.00. The van der Waals surface area contributed by atoms with Crippen LogP contribution in [0.15, 0.2) is 22.0 Å². The minimum absolute atomic E-state index is 0.348. The van der Waals surface area contributed by atoms with Crippen LogP contribution < -0.4 is 5.32 Å². The molecule has 2 aromatic rings. The summed E-state index contributed by atoms with van der Waals surface area (Å²) in [5.74, 6) is 2.14. The van der Waals surface area contributed by atoms with Crippen molar-refractivity contribution >= 4 is 33.1 Å². The number of thiophene rings is 1. The monoisotopic (exact) mass is 325 g/mol. The average Bonchev–Trinajstić information content (AvgIpc) is 2.72. The van der Waals surface area contributed by atoms with Crippen molar-refractivity contribution < 1.29 is 0 Å².